The molecule has 0 unspecified atom stereocenters. The highest BCUT2D eigenvalue weighted by atomic mass is 32.1. The summed E-state index contributed by atoms with van der Waals surface area (Å²) in [4.78, 5) is 16.7. The number of hydrogen-bond donors (Lipinski definition) is 1. The van der Waals surface area contributed by atoms with Gasteiger partial charge >= 0.3 is 0 Å². The quantitative estimate of drug-likeness (QED) is 0.806. The van der Waals surface area contributed by atoms with Crippen LogP contribution in [0.15, 0.2) is 24.3 Å². The summed E-state index contributed by atoms with van der Waals surface area (Å²) in [5, 5.41) is 4.17. The van der Waals surface area contributed by atoms with Crippen LogP contribution in [0.2, 0.25) is 0 Å². The lowest BCUT2D eigenvalue weighted by Gasteiger charge is -2.38. The minimum atomic E-state index is -0.567. The van der Waals surface area contributed by atoms with Crippen molar-refractivity contribution >= 4 is 23.2 Å². The Morgan fingerprint density at radius 2 is 1.75 bits per heavy atom. The number of thiocarbonyl (C=S) groups is 1. The monoisotopic (exact) mass is 347 g/mol. The van der Waals surface area contributed by atoms with Gasteiger partial charge in [-0.1, -0.05) is 12.1 Å². The van der Waals surface area contributed by atoms with Gasteiger partial charge in [-0.15, -0.1) is 0 Å². The molecule has 3 aliphatic rings. The second-order valence-corrected chi connectivity index (χ2v) is 6.79. The molecule has 7 heteroatoms. The Morgan fingerprint density at radius 1 is 1.08 bits per heavy atom. The van der Waals surface area contributed by atoms with Crippen LogP contribution >= 0.6 is 12.2 Å². The number of piperazine rings is 1. The van der Waals surface area contributed by atoms with E-state index in [2.05, 4.69) is 10.2 Å². The molecule has 4 rings (SSSR count). The number of rotatable bonds is 2. The highest BCUT2D eigenvalue weighted by Crippen LogP contribution is 2.31. The van der Waals surface area contributed by atoms with Crippen molar-refractivity contribution in [1.29, 1.82) is 0 Å². The number of para-hydroxylation sites is 2. The molecule has 1 amide bonds. The number of hydrogen-bond acceptors (Lipinski definition) is 4. The topological polar surface area (TPSA) is 54.0 Å². The molecule has 2 heterocycles. The summed E-state index contributed by atoms with van der Waals surface area (Å²) in [6, 6.07) is 8.01. The van der Waals surface area contributed by atoms with Crippen LogP contribution < -0.4 is 14.8 Å². The van der Waals surface area contributed by atoms with Gasteiger partial charge in [0.25, 0.3) is 5.91 Å². The number of nitrogens with one attached hydrogen (secondary N) is 1. The summed E-state index contributed by atoms with van der Waals surface area (Å²) in [6.45, 7) is 3.10. The number of fused-ring (bicyclic) bond motifs is 1. The zero-order valence-electron chi connectivity index (χ0n) is 13.4. The maximum atomic E-state index is 12.7. The molecule has 24 heavy (non-hydrogen) atoms. The molecule has 1 saturated carbocycles. The van der Waals surface area contributed by atoms with E-state index < -0.39 is 6.10 Å². The molecule has 1 atom stereocenters. The maximum Gasteiger partial charge on any atom is 0.267 e. The van der Waals surface area contributed by atoms with E-state index in [1.807, 2.05) is 29.2 Å². The van der Waals surface area contributed by atoms with Crippen LogP contribution in [0.1, 0.15) is 12.8 Å². The van der Waals surface area contributed by atoms with Crippen molar-refractivity contribution in [3.05, 3.63) is 24.3 Å². The summed E-state index contributed by atoms with van der Waals surface area (Å²) >= 11 is 5.43. The van der Waals surface area contributed by atoms with E-state index in [1.54, 1.807) is 0 Å². The van der Waals surface area contributed by atoms with E-state index in [1.165, 1.54) is 12.8 Å². The third-order valence-corrected chi connectivity index (χ3v) is 4.94. The predicted molar refractivity (Wildman–Crippen MR) is 93.3 cm³/mol. The highest BCUT2D eigenvalue weighted by Gasteiger charge is 2.33. The average Bonchev–Trinajstić information content (AvgIpc) is 3.45. The van der Waals surface area contributed by atoms with Gasteiger partial charge < -0.3 is 24.6 Å². The third-order valence-electron chi connectivity index (χ3n) is 4.57. The lowest BCUT2D eigenvalue weighted by atomic mass is 10.2. The molecular formula is C17H21N3O3S. The van der Waals surface area contributed by atoms with E-state index in [0.29, 0.717) is 30.6 Å². The highest BCUT2D eigenvalue weighted by molar-refractivity contribution is 7.80. The molecule has 1 N–H and O–H groups in total. The number of amides is 1. The van der Waals surface area contributed by atoms with Crippen molar-refractivity contribution in [1.82, 2.24) is 15.1 Å². The summed E-state index contributed by atoms with van der Waals surface area (Å²) in [5.74, 6) is 1.32. The van der Waals surface area contributed by atoms with Crippen molar-refractivity contribution in [3.8, 4) is 11.5 Å². The largest absolute Gasteiger partial charge is 0.485 e. The minimum absolute atomic E-state index is 0.00905. The molecule has 2 aliphatic heterocycles. The molecule has 1 aromatic rings. The van der Waals surface area contributed by atoms with Gasteiger partial charge in [0.15, 0.2) is 16.6 Å². The predicted octanol–water partition coefficient (Wildman–Crippen LogP) is 1.01. The van der Waals surface area contributed by atoms with Crippen molar-refractivity contribution in [2.45, 2.75) is 25.0 Å². The molecule has 2 fully saturated rings. The Kier molecular flexibility index (Phi) is 4.18. The first-order valence-electron chi connectivity index (χ1n) is 8.43. The molecule has 1 aliphatic carbocycles. The lowest BCUT2D eigenvalue weighted by molar-refractivity contribution is -0.142. The summed E-state index contributed by atoms with van der Waals surface area (Å²) < 4.78 is 11.5. The van der Waals surface area contributed by atoms with Crippen molar-refractivity contribution in [3.63, 3.8) is 0 Å². The molecule has 6 nitrogen and oxygen atoms in total. The number of ether oxygens (including phenoxy) is 2. The van der Waals surface area contributed by atoms with E-state index in [4.69, 9.17) is 21.7 Å². The van der Waals surface area contributed by atoms with Gasteiger partial charge in [-0.25, -0.2) is 0 Å². The molecule has 0 spiro atoms. The Balaban J connectivity index is 1.31. The van der Waals surface area contributed by atoms with Crippen LogP contribution in [0, 0.1) is 0 Å². The van der Waals surface area contributed by atoms with E-state index in [0.717, 1.165) is 18.2 Å². The third kappa shape index (κ3) is 3.26. The van der Waals surface area contributed by atoms with Crippen molar-refractivity contribution < 1.29 is 14.3 Å². The summed E-state index contributed by atoms with van der Waals surface area (Å²) in [7, 11) is 0. The fourth-order valence-corrected chi connectivity index (χ4v) is 3.32. The SMILES string of the molecule is O=C([C@@H]1COc2ccccc2O1)N1CCN(C(=S)NC2CC2)CC1. The zero-order chi connectivity index (χ0) is 16.5. The molecule has 0 radical (unpaired) electrons. The Labute approximate surface area is 146 Å². The van der Waals surface area contributed by atoms with Gasteiger partial charge in [0.2, 0.25) is 6.10 Å². The molecule has 1 aromatic carbocycles. The number of nitrogens with zero attached hydrogens (tertiary/aromatic N) is 2. The van der Waals surface area contributed by atoms with Crippen LogP contribution in [0.3, 0.4) is 0 Å². The van der Waals surface area contributed by atoms with Gasteiger partial charge in [-0.3, -0.25) is 4.79 Å². The Morgan fingerprint density at radius 3 is 2.46 bits per heavy atom. The first-order valence-corrected chi connectivity index (χ1v) is 8.84. The van der Waals surface area contributed by atoms with Crippen LogP contribution in [-0.4, -0.2) is 65.8 Å². The van der Waals surface area contributed by atoms with Crippen molar-refractivity contribution in [2.75, 3.05) is 32.8 Å². The molecule has 0 aromatic heterocycles. The lowest BCUT2D eigenvalue weighted by Crippen LogP contribution is -2.56. The van der Waals surface area contributed by atoms with E-state index in [9.17, 15) is 4.79 Å². The Bertz CT molecular complexity index is 642. The number of carbonyl (C=O) groups excluding carboxylic acids is 1. The first-order chi connectivity index (χ1) is 11.7. The number of benzene rings is 1. The first kappa shape index (κ1) is 15.5. The minimum Gasteiger partial charge on any atom is -0.485 e. The molecule has 1 saturated heterocycles. The molecular weight excluding hydrogens is 326 g/mol. The van der Waals surface area contributed by atoms with Crippen molar-refractivity contribution in [2.24, 2.45) is 0 Å². The second kappa shape index (κ2) is 6.47. The van der Waals surface area contributed by atoms with Gasteiger partial charge in [0.05, 0.1) is 0 Å². The fourth-order valence-electron chi connectivity index (χ4n) is 2.97. The smallest absolute Gasteiger partial charge is 0.267 e. The van der Waals surface area contributed by atoms with E-state index >= 15 is 0 Å². The van der Waals surface area contributed by atoms with Gasteiger partial charge in [0, 0.05) is 32.2 Å². The Hall–Kier alpha value is -2.02. The van der Waals surface area contributed by atoms with E-state index in [-0.39, 0.29) is 12.5 Å². The molecule has 128 valence electrons. The van der Waals surface area contributed by atoms with Crippen LogP contribution in [0.4, 0.5) is 0 Å². The normalized spacial score (nSPS) is 22.9. The maximum absolute atomic E-state index is 12.7. The van der Waals surface area contributed by atoms with Gasteiger partial charge in [-0.05, 0) is 37.2 Å². The van der Waals surface area contributed by atoms with Crippen LogP contribution in [0.25, 0.3) is 0 Å². The summed E-state index contributed by atoms with van der Waals surface area (Å²) in [6.07, 6.45) is 1.85. The standard InChI is InChI=1S/C17H21N3O3S/c21-16(15-11-22-13-3-1-2-4-14(13)23-15)19-7-9-20(10-8-19)17(24)18-12-5-6-12/h1-4,12,15H,5-11H2,(H,18,24)/t15-/m0/s1. The fraction of sp³-hybridized carbons (Fsp3) is 0.529. The second-order valence-electron chi connectivity index (χ2n) is 6.40. The van der Waals surface area contributed by atoms with Crippen LogP contribution in [-0.2, 0) is 4.79 Å². The summed E-state index contributed by atoms with van der Waals surface area (Å²) in [5.41, 5.74) is 0. The number of carbonyl (C=O) groups is 1. The molecule has 0 bridgehead atoms. The average molecular weight is 347 g/mol. The van der Waals surface area contributed by atoms with Crippen LogP contribution in [0.5, 0.6) is 11.5 Å². The van der Waals surface area contributed by atoms with Gasteiger partial charge in [0.1, 0.15) is 6.61 Å². The van der Waals surface area contributed by atoms with Gasteiger partial charge in [-0.2, -0.15) is 0 Å². The zero-order valence-corrected chi connectivity index (χ0v) is 14.3.